The van der Waals surface area contributed by atoms with Crippen molar-refractivity contribution < 1.29 is 4.52 Å². The highest BCUT2D eigenvalue weighted by Crippen LogP contribution is 2.32. The second kappa shape index (κ2) is 4.61. The van der Waals surface area contributed by atoms with Crippen LogP contribution in [0.5, 0.6) is 0 Å². The minimum Gasteiger partial charge on any atom is -0.368 e. The highest BCUT2D eigenvalue weighted by atomic mass is 32.2. The summed E-state index contributed by atoms with van der Waals surface area (Å²) in [6, 6.07) is 8.08. The van der Waals surface area contributed by atoms with E-state index in [1.165, 1.54) is 10.5 Å². The Morgan fingerprint density at radius 2 is 2.19 bits per heavy atom. The molecular weight excluding hydrogens is 220 g/mol. The molecule has 0 unspecified atom stereocenters. The number of hydrogen-bond acceptors (Lipinski definition) is 4. The molecule has 84 valence electrons. The number of rotatable bonds is 3. The molecule has 0 fully saturated rings. The highest BCUT2D eigenvalue weighted by Gasteiger charge is 2.09. The van der Waals surface area contributed by atoms with Crippen LogP contribution in [-0.4, -0.2) is 10.9 Å². The average Bonchev–Trinajstić information content (AvgIpc) is 2.68. The summed E-state index contributed by atoms with van der Waals surface area (Å²) in [5, 5.41) is 3.96. The molecule has 0 atom stereocenters. The molecule has 3 nitrogen and oxygen atoms in total. The molecule has 0 aliphatic carbocycles. The van der Waals surface area contributed by atoms with Crippen molar-refractivity contribution in [2.75, 3.05) is 11.5 Å². The molecule has 2 N–H and O–H groups in total. The van der Waals surface area contributed by atoms with Crippen LogP contribution in [0.3, 0.4) is 0 Å². The van der Waals surface area contributed by atoms with Crippen molar-refractivity contribution in [2.45, 2.75) is 18.7 Å². The summed E-state index contributed by atoms with van der Waals surface area (Å²) in [5.74, 6) is 1.38. The van der Waals surface area contributed by atoms with Crippen molar-refractivity contribution >= 4 is 17.6 Å². The van der Waals surface area contributed by atoms with Gasteiger partial charge in [-0.3, -0.25) is 0 Å². The predicted octanol–water partition coefficient (Wildman–Crippen LogP) is 3.34. The molecule has 0 saturated heterocycles. The lowest BCUT2D eigenvalue weighted by molar-refractivity contribution is 0.439. The van der Waals surface area contributed by atoms with E-state index < -0.39 is 0 Å². The van der Waals surface area contributed by atoms with Crippen LogP contribution in [0, 0.1) is 6.92 Å². The topological polar surface area (TPSA) is 52.0 Å². The van der Waals surface area contributed by atoms with Crippen LogP contribution in [0.2, 0.25) is 0 Å². The van der Waals surface area contributed by atoms with Gasteiger partial charge in [0.15, 0.2) is 0 Å². The molecular formula is C12H14N2OS. The van der Waals surface area contributed by atoms with Crippen molar-refractivity contribution in [2.24, 2.45) is 0 Å². The molecule has 0 aliphatic heterocycles. The molecule has 16 heavy (non-hydrogen) atoms. The number of anilines is 1. The van der Waals surface area contributed by atoms with Gasteiger partial charge in [-0.1, -0.05) is 23.7 Å². The molecule has 2 rings (SSSR count). The van der Waals surface area contributed by atoms with Gasteiger partial charge >= 0.3 is 0 Å². The van der Waals surface area contributed by atoms with Crippen LogP contribution in [0.15, 0.2) is 33.7 Å². The van der Waals surface area contributed by atoms with Crippen molar-refractivity contribution in [1.29, 1.82) is 0 Å². The molecule has 0 bridgehead atoms. The Balaban J connectivity index is 2.48. The van der Waals surface area contributed by atoms with Gasteiger partial charge in [0, 0.05) is 16.5 Å². The Labute approximate surface area is 99.0 Å². The van der Waals surface area contributed by atoms with E-state index in [1.54, 1.807) is 17.8 Å². The number of nitrogens with two attached hydrogens (primary N) is 1. The fourth-order valence-electron chi connectivity index (χ4n) is 1.54. The normalized spacial score (nSPS) is 10.6. The maximum absolute atomic E-state index is 5.54. The number of benzene rings is 1. The first-order valence-electron chi connectivity index (χ1n) is 5.16. The first-order chi connectivity index (χ1) is 7.70. The van der Waals surface area contributed by atoms with Crippen molar-refractivity contribution in [3.05, 3.63) is 29.8 Å². The summed E-state index contributed by atoms with van der Waals surface area (Å²) in [6.07, 6.45) is 0. The molecule has 0 amide bonds. The zero-order valence-electron chi connectivity index (χ0n) is 9.36. The molecule has 0 spiro atoms. The lowest BCUT2D eigenvalue weighted by atomic mass is 10.1. The minimum absolute atomic E-state index is 0.351. The van der Waals surface area contributed by atoms with Crippen LogP contribution in [0.1, 0.15) is 12.5 Å². The summed E-state index contributed by atoms with van der Waals surface area (Å²) in [4.78, 5) is 1.21. The molecule has 2 aromatic rings. The second-order valence-corrected chi connectivity index (χ2v) is 4.85. The van der Waals surface area contributed by atoms with Crippen molar-refractivity contribution in [3.63, 3.8) is 0 Å². The molecule has 1 aromatic carbocycles. The zero-order chi connectivity index (χ0) is 11.5. The summed E-state index contributed by atoms with van der Waals surface area (Å²) in [6.45, 7) is 4.19. The van der Waals surface area contributed by atoms with Gasteiger partial charge in [-0.15, -0.1) is 11.8 Å². The third kappa shape index (κ3) is 2.22. The smallest absolute Gasteiger partial charge is 0.222 e. The molecule has 0 aliphatic rings. The summed E-state index contributed by atoms with van der Waals surface area (Å²) in [7, 11) is 0. The second-order valence-electron chi connectivity index (χ2n) is 3.55. The third-order valence-electron chi connectivity index (χ3n) is 2.24. The summed E-state index contributed by atoms with van der Waals surface area (Å²) < 4.78 is 4.91. The van der Waals surface area contributed by atoms with E-state index in [4.69, 9.17) is 10.3 Å². The summed E-state index contributed by atoms with van der Waals surface area (Å²) in [5.41, 5.74) is 8.64. The van der Waals surface area contributed by atoms with Gasteiger partial charge in [0.2, 0.25) is 5.88 Å². The van der Waals surface area contributed by atoms with Crippen LogP contribution < -0.4 is 5.73 Å². The van der Waals surface area contributed by atoms with Gasteiger partial charge in [0.25, 0.3) is 0 Å². The highest BCUT2D eigenvalue weighted by molar-refractivity contribution is 7.99. The monoisotopic (exact) mass is 234 g/mol. The molecule has 1 aromatic heterocycles. The lowest BCUT2D eigenvalue weighted by Gasteiger charge is -2.06. The van der Waals surface area contributed by atoms with Gasteiger partial charge in [-0.05, 0) is 24.8 Å². The van der Waals surface area contributed by atoms with E-state index in [2.05, 4.69) is 37.2 Å². The Morgan fingerprint density at radius 3 is 2.81 bits per heavy atom. The Kier molecular flexibility index (Phi) is 3.19. The average molecular weight is 234 g/mol. The first-order valence-corrected chi connectivity index (χ1v) is 6.15. The quantitative estimate of drug-likeness (QED) is 0.827. The SMILES string of the molecule is CCSc1ccc(C)cc1-c1cc(N)on1. The van der Waals surface area contributed by atoms with Crippen LogP contribution >= 0.6 is 11.8 Å². The summed E-state index contributed by atoms with van der Waals surface area (Å²) >= 11 is 1.79. The van der Waals surface area contributed by atoms with E-state index in [-0.39, 0.29) is 0 Å². The zero-order valence-corrected chi connectivity index (χ0v) is 10.2. The number of nitrogens with zero attached hydrogens (tertiary/aromatic N) is 1. The van der Waals surface area contributed by atoms with Crippen LogP contribution in [0.4, 0.5) is 5.88 Å². The van der Waals surface area contributed by atoms with Gasteiger partial charge in [-0.25, -0.2) is 0 Å². The number of hydrogen-bond donors (Lipinski definition) is 1. The lowest BCUT2D eigenvalue weighted by Crippen LogP contribution is -1.85. The Bertz CT molecular complexity index is 494. The standard InChI is InChI=1S/C12H14N2OS/c1-3-16-11-5-4-8(2)6-9(11)10-7-12(13)15-14-10/h4-7H,3,13H2,1-2H3. The van der Waals surface area contributed by atoms with Crippen molar-refractivity contribution in [1.82, 2.24) is 5.16 Å². The van der Waals surface area contributed by atoms with Gasteiger partial charge < -0.3 is 10.3 Å². The number of nitrogen functional groups attached to an aromatic ring is 1. The van der Waals surface area contributed by atoms with Gasteiger partial charge in [0.05, 0.1) is 0 Å². The number of thioether (sulfide) groups is 1. The number of aromatic nitrogens is 1. The van der Waals surface area contributed by atoms with E-state index in [9.17, 15) is 0 Å². The first kappa shape index (κ1) is 11.1. The Hall–Kier alpha value is -1.42. The third-order valence-corrected chi connectivity index (χ3v) is 3.19. The van der Waals surface area contributed by atoms with Gasteiger partial charge in [-0.2, -0.15) is 0 Å². The van der Waals surface area contributed by atoms with Gasteiger partial charge in [0.1, 0.15) is 5.69 Å². The van der Waals surface area contributed by atoms with Crippen LogP contribution in [0.25, 0.3) is 11.3 Å². The molecule has 4 heteroatoms. The maximum atomic E-state index is 5.54. The van der Waals surface area contributed by atoms with Crippen molar-refractivity contribution in [3.8, 4) is 11.3 Å². The van der Waals surface area contributed by atoms with E-state index in [1.807, 2.05) is 0 Å². The fourth-order valence-corrected chi connectivity index (χ4v) is 2.34. The molecule has 1 heterocycles. The van der Waals surface area contributed by atoms with E-state index >= 15 is 0 Å². The van der Waals surface area contributed by atoms with E-state index in [0.717, 1.165) is 17.0 Å². The predicted molar refractivity (Wildman–Crippen MR) is 67.5 cm³/mol. The Morgan fingerprint density at radius 1 is 1.38 bits per heavy atom. The van der Waals surface area contributed by atoms with E-state index in [0.29, 0.717) is 5.88 Å². The van der Waals surface area contributed by atoms with Crippen LogP contribution in [-0.2, 0) is 0 Å². The minimum atomic E-state index is 0.351. The number of aryl methyl sites for hydroxylation is 1. The largest absolute Gasteiger partial charge is 0.368 e. The molecule has 0 radical (unpaired) electrons. The maximum Gasteiger partial charge on any atom is 0.222 e. The molecule has 0 saturated carbocycles. The fraction of sp³-hybridized carbons (Fsp3) is 0.250.